The van der Waals surface area contributed by atoms with Crippen LogP contribution in [0.2, 0.25) is 0 Å². The molecule has 7 heteroatoms. The van der Waals surface area contributed by atoms with Crippen LogP contribution in [0.1, 0.15) is 23.4 Å². The monoisotopic (exact) mass is 369 g/mol. The number of benzene rings is 1. The molecule has 0 spiro atoms. The Hall–Kier alpha value is -2.51. The van der Waals surface area contributed by atoms with Gasteiger partial charge in [-0.1, -0.05) is 12.1 Å². The summed E-state index contributed by atoms with van der Waals surface area (Å²) in [5.74, 6) is 0.0491. The third-order valence-corrected chi connectivity index (χ3v) is 4.73. The first-order valence-corrected chi connectivity index (χ1v) is 9.31. The minimum absolute atomic E-state index is 0.0491. The lowest BCUT2D eigenvalue weighted by molar-refractivity contribution is -0.121. The average Bonchev–Trinajstić information content (AvgIpc) is 3.03. The van der Waals surface area contributed by atoms with Gasteiger partial charge in [0, 0.05) is 49.9 Å². The summed E-state index contributed by atoms with van der Waals surface area (Å²) in [6, 6.07) is 8.01. The van der Waals surface area contributed by atoms with Crippen LogP contribution in [-0.4, -0.2) is 53.9 Å². The van der Waals surface area contributed by atoms with Gasteiger partial charge in [0.1, 0.15) is 0 Å². The van der Waals surface area contributed by atoms with Crippen LogP contribution >= 0.6 is 0 Å². The third-order valence-electron chi connectivity index (χ3n) is 4.73. The van der Waals surface area contributed by atoms with E-state index >= 15 is 0 Å². The molecule has 2 aromatic heterocycles. The Labute approximate surface area is 159 Å². The van der Waals surface area contributed by atoms with Gasteiger partial charge in [0.25, 0.3) is 0 Å². The lowest BCUT2D eigenvalue weighted by atomic mass is 10.1. The number of hydrogen-bond acceptors (Lipinski definition) is 5. The molecule has 0 saturated carbocycles. The van der Waals surface area contributed by atoms with Gasteiger partial charge in [0.2, 0.25) is 5.91 Å². The van der Waals surface area contributed by atoms with E-state index in [0.717, 1.165) is 46.6 Å². The van der Waals surface area contributed by atoms with Gasteiger partial charge in [-0.25, -0.2) is 9.50 Å². The number of nitrogens with one attached hydrogen (secondary N) is 2. The number of methoxy groups -OCH3 is 1. The lowest BCUT2D eigenvalue weighted by Gasteiger charge is -2.11. The van der Waals surface area contributed by atoms with Crippen molar-refractivity contribution in [3.63, 3.8) is 0 Å². The molecule has 0 fully saturated rings. The summed E-state index contributed by atoms with van der Waals surface area (Å²) in [5.41, 5.74) is 4.89. The number of ether oxygens (including phenoxy) is 1. The quantitative estimate of drug-likeness (QED) is 0.562. The molecule has 1 aromatic carbocycles. The van der Waals surface area contributed by atoms with E-state index in [0.29, 0.717) is 26.0 Å². The van der Waals surface area contributed by atoms with Gasteiger partial charge in [-0.2, -0.15) is 5.10 Å². The van der Waals surface area contributed by atoms with Crippen LogP contribution in [0.25, 0.3) is 16.6 Å². The van der Waals surface area contributed by atoms with Crippen molar-refractivity contribution >= 4 is 22.5 Å². The molecule has 2 heterocycles. The minimum Gasteiger partial charge on any atom is -0.383 e. The molecule has 0 saturated heterocycles. The fraction of sp³-hybridized carbons (Fsp3) is 0.450. The summed E-state index contributed by atoms with van der Waals surface area (Å²) in [4.78, 5) is 16.9. The van der Waals surface area contributed by atoms with E-state index in [-0.39, 0.29) is 5.91 Å². The number of carbonyl (C=O) groups is 1. The molecule has 0 radical (unpaired) electrons. The zero-order valence-electron chi connectivity index (χ0n) is 16.2. The van der Waals surface area contributed by atoms with Gasteiger partial charge in [0.15, 0.2) is 5.65 Å². The molecule has 7 nitrogen and oxygen atoms in total. The van der Waals surface area contributed by atoms with Gasteiger partial charge in [0.05, 0.1) is 12.1 Å². The molecule has 0 bridgehead atoms. The molecule has 0 atom stereocenters. The SMILES string of the molecule is COCCNCCNC(=O)CCc1c(C)nc2c3ccccc3nn2c1C. The van der Waals surface area contributed by atoms with Crippen LogP contribution < -0.4 is 10.6 Å². The van der Waals surface area contributed by atoms with Crippen molar-refractivity contribution in [1.29, 1.82) is 0 Å². The van der Waals surface area contributed by atoms with Crippen molar-refractivity contribution in [3.05, 3.63) is 41.2 Å². The molecule has 0 aliphatic heterocycles. The first-order chi connectivity index (χ1) is 13.1. The number of rotatable bonds is 9. The molecule has 0 aliphatic rings. The van der Waals surface area contributed by atoms with E-state index < -0.39 is 0 Å². The number of carbonyl (C=O) groups excluding carboxylic acids is 1. The highest BCUT2D eigenvalue weighted by molar-refractivity contribution is 5.92. The maximum absolute atomic E-state index is 12.1. The van der Waals surface area contributed by atoms with Crippen molar-refractivity contribution in [2.45, 2.75) is 26.7 Å². The minimum atomic E-state index is 0.0491. The van der Waals surface area contributed by atoms with Gasteiger partial charge in [-0.05, 0) is 38.0 Å². The normalized spacial score (nSPS) is 11.4. The summed E-state index contributed by atoms with van der Waals surface area (Å²) < 4.78 is 6.86. The highest BCUT2D eigenvalue weighted by atomic mass is 16.5. The molecular formula is C20H27N5O2. The zero-order chi connectivity index (χ0) is 19.2. The maximum Gasteiger partial charge on any atom is 0.220 e. The third kappa shape index (κ3) is 4.43. The van der Waals surface area contributed by atoms with Crippen molar-refractivity contribution < 1.29 is 9.53 Å². The highest BCUT2D eigenvalue weighted by Gasteiger charge is 2.14. The molecule has 0 aliphatic carbocycles. The second kappa shape index (κ2) is 8.92. The number of aromatic nitrogens is 3. The Balaban J connectivity index is 1.63. The average molecular weight is 369 g/mol. The van der Waals surface area contributed by atoms with E-state index in [1.54, 1.807) is 7.11 Å². The Bertz CT molecular complexity index is 935. The van der Waals surface area contributed by atoms with Crippen LogP contribution in [-0.2, 0) is 16.0 Å². The van der Waals surface area contributed by atoms with Gasteiger partial charge in [-0.15, -0.1) is 0 Å². The van der Waals surface area contributed by atoms with Crippen LogP contribution in [0.5, 0.6) is 0 Å². The predicted molar refractivity (Wildman–Crippen MR) is 106 cm³/mol. The standard InChI is InChI=1S/C20H27N5O2/c1-14-16(8-9-19(26)22-11-10-21-12-13-27-3)15(2)25-20(23-14)17-6-4-5-7-18(17)24-25/h4-7,21H,8-13H2,1-3H3,(H,22,26). The summed E-state index contributed by atoms with van der Waals surface area (Å²) >= 11 is 0. The number of fused-ring (bicyclic) bond motifs is 3. The summed E-state index contributed by atoms with van der Waals surface area (Å²) in [6.07, 6.45) is 1.09. The van der Waals surface area contributed by atoms with Crippen molar-refractivity contribution in [3.8, 4) is 0 Å². The fourth-order valence-electron chi connectivity index (χ4n) is 3.25. The fourth-order valence-corrected chi connectivity index (χ4v) is 3.25. The molecule has 2 N–H and O–H groups in total. The second-order valence-corrected chi connectivity index (χ2v) is 6.61. The Morgan fingerprint density at radius 3 is 2.81 bits per heavy atom. The van der Waals surface area contributed by atoms with Gasteiger partial charge < -0.3 is 15.4 Å². The molecule has 27 heavy (non-hydrogen) atoms. The van der Waals surface area contributed by atoms with E-state index in [1.807, 2.05) is 42.6 Å². The summed E-state index contributed by atoms with van der Waals surface area (Å²) in [5, 5.41) is 11.9. The highest BCUT2D eigenvalue weighted by Crippen LogP contribution is 2.22. The van der Waals surface area contributed by atoms with Crippen molar-refractivity contribution in [1.82, 2.24) is 25.2 Å². The van der Waals surface area contributed by atoms with Crippen LogP contribution in [0, 0.1) is 13.8 Å². The first kappa shape index (κ1) is 19.3. The zero-order valence-corrected chi connectivity index (χ0v) is 16.2. The Morgan fingerprint density at radius 2 is 2.00 bits per heavy atom. The number of amides is 1. The van der Waals surface area contributed by atoms with Gasteiger partial charge in [-0.3, -0.25) is 4.79 Å². The summed E-state index contributed by atoms with van der Waals surface area (Å²) in [6.45, 7) is 6.85. The predicted octanol–water partition coefficient (Wildman–Crippen LogP) is 1.78. The van der Waals surface area contributed by atoms with Gasteiger partial charge >= 0.3 is 0 Å². The molecule has 3 rings (SSSR count). The topological polar surface area (TPSA) is 80.5 Å². The van der Waals surface area contributed by atoms with E-state index in [9.17, 15) is 4.79 Å². The Morgan fingerprint density at radius 1 is 1.19 bits per heavy atom. The lowest BCUT2D eigenvalue weighted by Crippen LogP contribution is -2.33. The molecule has 3 aromatic rings. The summed E-state index contributed by atoms with van der Waals surface area (Å²) in [7, 11) is 1.67. The van der Waals surface area contributed by atoms with Crippen LogP contribution in [0.3, 0.4) is 0 Å². The molecule has 1 amide bonds. The molecular weight excluding hydrogens is 342 g/mol. The Kier molecular flexibility index (Phi) is 6.36. The van der Waals surface area contributed by atoms with Crippen LogP contribution in [0.4, 0.5) is 0 Å². The van der Waals surface area contributed by atoms with E-state index in [2.05, 4.69) is 15.7 Å². The number of hydrogen-bond donors (Lipinski definition) is 2. The number of nitrogens with zero attached hydrogens (tertiary/aromatic N) is 3. The smallest absolute Gasteiger partial charge is 0.220 e. The maximum atomic E-state index is 12.1. The van der Waals surface area contributed by atoms with E-state index in [1.165, 1.54) is 0 Å². The molecule has 144 valence electrons. The molecule has 0 unspecified atom stereocenters. The second-order valence-electron chi connectivity index (χ2n) is 6.61. The first-order valence-electron chi connectivity index (χ1n) is 9.31. The van der Waals surface area contributed by atoms with Crippen molar-refractivity contribution in [2.75, 3.05) is 33.4 Å². The number of aryl methyl sites for hydroxylation is 2. The van der Waals surface area contributed by atoms with Crippen molar-refractivity contribution in [2.24, 2.45) is 0 Å². The van der Waals surface area contributed by atoms with Crippen LogP contribution in [0.15, 0.2) is 24.3 Å². The van der Waals surface area contributed by atoms with E-state index in [4.69, 9.17) is 9.72 Å². The largest absolute Gasteiger partial charge is 0.383 e.